The number of benzene rings is 2. The predicted molar refractivity (Wildman–Crippen MR) is 114 cm³/mol. The minimum Gasteiger partial charge on any atom is -0.494 e. The van der Waals surface area contributed by atoms with Gasteiger partial charge in [0.05, 0.1) is 6.61 Å². The molecule has 3 nitrogen and oxygen atoms in total. The Bertz CT molecular complexity index is 905. The summed E-state index contributed by atoms with van der Waals surface area (Å²) in [6, 6.07) is 20.1. The van der Waals surface area contributed by atoms with Crippen molar-refractivity contribution in [3.05, 3.63) is 83.8 Å². The normalized spacial score (nSPS) is 11.3. The van der Waals surface area contributed by atoms with Crippen LogP contribution in [0.2, 0.25) is 0 Å². The molecule has 0 bridgehead atoms. The van der Waals surface area contributed by atoms with Crippen LogP contribution in [0.1, 0.15) is 44.9 Å². The van der Waals surface area contributed by atoms with Crippen LogP contribution in [-0.4, -0.2) is 11.6 Å². The van der Waals surface area contributed by atoms with E-state index >= 15 is 0 Å². The average molecular weight is 394 g/mol. The van der Waals surface area contributed by atoms with E-state index in [0.717, 1.165) is 30.7 Å². The third-order valence-corrected chi connectivity index (χ3v) is 5.00. The number of hydrogen-bond acceptors (Lipinski definition) is 3. The molecule has 1 aromatic heterocycles. The Labute approximate surface area is 172 Å². The predicted octanol–water partition coefficient (Wildman–Crippen LogP) is 6.71. The highest BCUT2D eigenvalue weighted by Crippen LogP contribution is 2.30. The molecule has 0 amide bonds. The summed E-state index contributed by atoms with van der Waals surface area (Å²) >= 11 is 0. The Balaban J connectivity index is 1.56. The van der Waals surface area contributed by atoms with Gasteiger partial charge in [-0.15, -0.1) is 0 Å². The molecule has 0 aliphatic carbocycles. The molecule has 3 rings (SSSR count). The maximum atomic E-state index is 13.0. The van der Waals surface area contributed by atoms with Crippen LogP contribution >= 0.6 is 0 Å². The summed E-state index contributed by atoms with van der Waals surface area (Å²) in [6.45, 7) is 7.21. The SMILES string of the molecule is CCOc1ccc(C(C)(C)CCCc2cccc(Oc3ccc(F)cc3)n2)cc1. The number of aromatic nitrogens is 1. The molecule has 0 atom stereocenters. The van der Waals surface area contributed by atoms with Crippen molar-refractivity contribution >= 4 is 0 Å². The lowest BCUT2D eigenvalue weighted by molar-refractivity contribution is 0.339. The van der Waals surface area contributed by atoms with Crippen molar-refractivity contribution in [2.75, 3.05) is 6.61 Å². The lowest BCUT2D eigenvalue weighted by Crippen LogP contribution is -2.17. The fraction of sp³-hybridized carbons (Fsp3) is 0.320. The second-order valence-corrected chi connectivity index (χ2v) is 7.72. The Morgan fingerprint density at radius 3 is 2.28 bits per heavy atom. The second-order valence-electron chi connectivity index (χ2n) is 7.72. The van der Waals surface area contributed by atoms with Crippen molar-refractivity contribution in [3.63, 3.8) is 0 Å². The summed E-state index contributed by atoms with van der Waals surface area (Å²) in [5.41, 5.74) is 2.38. The molecule has 0 N–H and O–H groups in total. The molecular formula is C25H28FNO2. The molecule has 0 aliphatic heterocycles. The van der Waals surface area contributed by atoms with Crippen LogP contribution in [0.4, 0.5) is 4.39 Å². The molecule has 0 aliphatic rings. The number of hydrogen-bond donors (Lipinski definition) is 0. The lowest BCUT2D eigenvalue weighted by Gasteiger charge is -2.25. The van der Waals surface area contributed by atoms with Gasteiger partial charge in [-0.3, -0.25) is 0 Å². The first-order valence-corrected chi connectivity index (χ1v) is 10.1. The number of halogens is 1. The largest absolute Gasteiger partial charge is 0.494 e. The van der Waals surface area contributed by atoms with E-state index in [-0.39, 0.29) is 11.2 Å². The summed E-state index contributed by atoms with van der Waals surface area (Å²) in [7, 11) is 0. The molecule has 1 heterocycles. The number of nitrogens with zero attached hydrogens (tertiary/aromatic N) is 1. The van der Waals surface area contributed by atoms with Gasteiger partial charge in [0.1, 0.15) is 17.3 Å². The van der Waals surface area contributed by atoms with Crippen molar-refractivity contribution in [1.29, 1.82) is 0 Å². The average Bonchev–Trinajstić information content (AvgIpc) is 2.71. The van der Waals surface area contributed by atoms with Gasteiger partial charge in [-0.25, -0.2) is 9.37 Å². The van der Waals surface area contributed by atoms with E-state index in [9.17, 15) is 4.39 Å². The van der Waals surface area contributed by atoms with Crippen LogP contribution in [0.5, 0.6) is 17.4 Å². The summed E-state index contributed by atoms with van der Waals surface area (Å²) in [5, 5.41) is 0. The van der Waals surface area contributed by atoms with E-state index < -0.39 is 0 Å². The molecular weight excluding hydrogens is 365 g/mol. The number of pyridine rings is 1. The third-order valence-electron chi connectivity index (χ3n) is 5.00. The van der Waals surface area contributed by atoms with Crippen molar-refractivity contribution in [3.8, 4) is 17.4 Å². The molecule has 29 heavy (non-hydrogen) atoms. The Morgan fingerprint density at radius 2 is 1.59 bits per heavy atom. The molecule has 3 aromatic rings. The van der Waals surface area contributed by atoms with E-state index in [1.807, 2.05) is 37.3 Å². The maximum Gasteiger partial charge on any atom is 0.219 e. The number of aryl methyl sites for hydroxylation is 1. The molecule has 0 saturated carbocycles. The van der Waals surface area contributed by atoms with E-state index in [1.54, 1.807) is 12.1 Å². The highest BCUT2D eigenvalue weighted by Gasteiger charge is 2.20. The van der Waals surface area contributed by atoms with Gasteiger partial charge in [-0.1, -0.05) is 32.0 Å². The fourth-order valence-corrected chi connectivity index (χ4v) is 3.30. The Hall–Kier alpha value is -2.88. The second kappa shape index (κ2) is 9.55. The first kappa shape index (κ1) is 20.8. The van der Waals surface area contributed by atoms with E-state index in [0.29, 0.717) is 18.2 Å². The third kappa shape index (κ3) is 6.05. The van der Waals surface area contributed by atoms with Crippen LogP contribution < -0.4 is 9.47 Å². The lowest BCUT2D eigenvalue weighted by atomic mass is 9.80. The first-order chi connectivity index (χ1) is 14.0. The first-order valence-electron chi connectivity index (χ1n) is 10.1. The number of ether oxygens (including phenoxy) is 2. The highest BCUT2D eigenvalue weighted by molar-refractivity contribution is 5.32. The van der Waals surface area contributed by atoms with Gasteiger partial charge in [0.2, 0.25) is 5.88 Å². The van der Waals surface area contributed by atoms with Gasteiger partial charge in [-0.2, -0.15) is 0 Å². The zero-order valence-electron chi connectivity index (χ0n) is 17.3. The molecule has 2 aromatic carbocycles. The van der Waals surface area contributed by atoms with Gasteiger partial charge >= 0.3 is 0 Å². The minimum absolute atomic E-state index is 0.0764. The minimum atomic E-state index is -0.283. The zero-order valence-corrected chi connectivity index (χ0v) is 17.3. The molecule has 0 unspecified atom stereocenters. The van der Waals surface area contributed by atoms with Crippen LogP contribution in [-0.2, 0) is 11.8 Å². The van der Waals surface area contributed by atoms with Crippen molar-refractivity contribution in [1.82, 2.24) is 4.98 Å². The Morgan fingerprint density at radius 1 is 0.897 bits per heavy atom. The van der Waals surface area contributed by atoms with Crippen LogP contribution in [0, 0.1) is 5.82 Å². The van der Waals surface area contributed by atoms with E-state index in [1.165, 1.54) is 17.7 Å². The molecule has 4 heteroatoms. The van der Waals surface area contributed by atoms with Gasteiger partial charge < -0.3 is 9.47 Å². The molecule has 152 valence electrons. The quantitative estimate of drug-likeness (QED) is 0.405. The van der Waals surface area contributed by atoms with Crippen molar-refractivity contribution < 1.29 is 13.9 Å². The Kier molecular flexibility index (Phi) is 6.86. The summed E-state index contributed by atoms with van der Waals surface area (Å²) in [6.07, 6.45) is 2.94. The topological polar surface area (TPSA) is 31.4 Å². The van der Waals surface area contributed by atoms with Gasteiger partial charge in [0, 0.05) is 11.8 Å². The molecule has 0 saturated heterocycles. The standard InChI is InChI=1S/C25H28FNO2/c1-4-28-22-14-10-19(11-15-22)25(2,3)18-6-8-21-7-5-9-24(27-21)29-23-16-12-20(26)13-17-23/h5,7,9-17H,4,6,8,18H2,1-3H3. The molecule has 0 spiro atoms. The van der Waals surface area contributed by atoms with Gasteiger partial charge in [0.25, 0.3) is 0 Å². The van der Waals surface area contributed by atoms with Crippen molar-refractivity contribution in [2.45, 2.75) is 45.4 Å². The summed E-state index contributed by atoms with van der Waals surface area (Å²) in [5.74, 6) is 1.73. The molecule has 0 fully saturated rings. The van der Waals surface area contributed by atoms with Crippen LogP contribution in [0.3, 0.4) is 0 Å². The van der Waals surface area contributed by atoms with Gasteiger partial charge in [-0.05, 0) is 79.6 Å². The number of rotatable bonds is 9. The highest BCUT2D eigenvalue weighted by atomic mass is 19.1. The van der Waals surface area contributed by atoms with E-state index in [2.05, 4.69) is 31.0 Å². The monoisotopic (exact) mass is 393 g/mol. The van der Waals surface area contributed by atoms with Gasteiger partial charge in [0.15, 0.2) is 0 Å². The summed E-state index contributed by atoms with van der Waals surface area (Å²) in [4.78, 5) is 4.58. The zero-order chi connectivity index (χ0) is 20.7. The fourth-order valence-electron chi connectivity index (χ4n) is 3.30. The van der Waals surface area contributed by atoms with Crippen molar-refractivity contribution in [2.24, 2.45) is 0 Å². The van der Waals surface area contributed by atoms with E-state index in [4.69, 9.17) is 9.47 Å². The molecule has 0 radical (unpaired) electrons. The van der Waals surface area contributed by atoms with Crippen LogP contribution in [0.15, 0.2) is 66.7 Å². The summed E-state index contributed by atoms with van der Waals surface area (Å²) < 4.78 is 24.3. The maximum absolute atomic E-state index is 13.0. The smallest absolute Gasteiger partial charge is 0.219 e. The van der Waals surface area contributed by atoms with Crippen LogP contribution in [0.25, 0.3) is 0 Å².